The van der Waals surface area contributed by atoms with Crippen LogP contribution in [0, 0.1) is 5.82 Å². The molecule has 20 heavy (non-hydrogen) atoms. The van der Waals surface area contributed by atoms with Crippen LogP contribution in [0.5, 0.6) is 0 Å². The second-order valence-corrected chi connectivity index (χ2v) is 6.75. The van der Waals surface area contributed by atoms with Crippen LogP contribution in [0.25, 0.3) is 5.65 Å². The first-order chi connectivity index (χ1) is 9.36. The quantitative estimate of drug-likeness (QED) is 0.751. The van der Waals surface area contributed by atoms with E-state index in [1.54, 1.807) is 0 Å². The Labute approximate surface area is 114 Å². The topological polar surface area (TPSA) is 71.8 Å². The van der Waals surface area contributed by atoms with Crippen molar-refractivity contribution < 1.29 is 12.8 Å². The molecule has 1 aliphatic heterocycles. The van der Waals surface area contributed by atoms with Gasteiger partial charge in [-0.15, -0.1) is 0 Å². The monoisotopic (exact) mass is 297 g/mol. The first-order valence-corrected chi connectivity index (χ1v) is 7.86. The van der Waals surface area contributed by atoms with E-state index in [2.05, 4.69) is 4.98 Å². The van der Waals surface area contributed by atoms with Crippen LogP contribution in [0.2, 0.25) is 0 Å². The van der Waals surface area contributed by atoms with Crippen molar-refractivity contribution in [2.75, 3.05) is 12.8 Å². The number of pyridine rings is 1. The summed E-state index contributed by atoms with van der Waals surface area (Å²) in [6.07, 6.45) is 2.54. The third-order valence-corrected chi connectivity index (χ3v) is 4.62. The summed E-state index contributed by atoms with van der Waals surface area (Å²) in [4.78, 5) is 16.6. The van der Waals surface area contributed by atoms with Crippen LogP contribution in [-0.4, -0.2) is 34.9 Å². The number of sulfonamides is 1. The van der Waals surface area contributed by atoms with Crippen LogP contribution >= 0.6 is 0 Å². The molecule has 0 saturated carbocycles. The summed E-state index contributed by atoms with van der Waals surface area (Å²) in [6, 6.07) is 2.67. The molecule has 0 aromatic carbocycles. The van der Waals surface area contributed by atoms with Gasteiger partial charge in [-0.3, -0.25) is 9.20 Å². The smallest absolute Gasteiger partial charge is 0.262 e. The summed E-state index contributed by atoms with van der Waals surface area (Å²) >= 11 is 0. The second-order valence-electron chi connectivity index (χ2n) is 4.76. The Hall–Kier alpha value is -1.80. The van der Waals surface area contributed by atoms with Crippen molar-refractivity contribution in [1.82, 2.24) is 13.7 Å². The molecule has 0 saturated heterocycles. The average molecular weight is 297 g/mol. The van der Waals surface area contributed by atoms with Crippen molar-refractivity contribution in [2.45, 2.75) is 13.0 Å². The van der Waals surface area contributed by atoms with Gasteiger partial charge < -0.3 is 0 Å². The molecule has 0 aliphatic carbocycles. The number of hydrogen-bond donors (Lipinski definition) is 0. The van der Waals surface area contributed by atoms with Crippen molar-refractivity contribution in [2.24, 2.45) is 0 Å². The lowest BCUT2D eigenvalue weighted by molar-refractivity contribution is 0.388. The Bertz CT molecular complexity index is 860. The van der Waals surface area contributed by atoms with Crippen molar-refractivity contribution >= 4 is 15.7 Å². The predicted octanol–water partition coefficient (Wildman–Crippen LogP) is 0.151. The Morgan fingerprint density at radius 3 is 2.80 bits per heavy atom. The predicted molar refractivity (Wildman–Crippen MR) is 70.4 cm³/mol. The standard InChI is InChI=1S/C12H12FN3O3S/c1-20(18,19)15-5-4-10-9(7-15)12(17)16-6-8(13)2-3-11(16)14-10/h2-3,6H,4-5,7H2,1H3. The van der Waals surface area contributed by atoms with Gasteiger partial charge in [-0.25, -0.2) is 17.8 Å². The largest absolute Gasteiger partial charge is 0.269 e. The summed E-state index contributed by atoms with van der Waals surface area (Å²) in [5, 5.41) is 0. The van der Waals surface area contributed by atoms with Gasteiger partial charge in [0.1, 0.15) is 11.5 Å². The van der Waals surface area contributed by atoms with Crippen molar-refractivity contribution in [3.63, 3.8) is 0 Å². The SMILES string of the molecule is CS(=O)(=O)N1CCc2nc3ccc(F)cn3c(=O)c2C1. The van der Waals surface area contributed by atoms with Gasteiger partial charge in [0.05, 0.1) is 17.5 Å². The Morgan fingerprint density at radius 2 is 2.10 bits per heavy atom. The van der Waals surface area contributed by atoms with Crippen LogP contribution in [0.3, 0.4) is 0 Å². The van der Waals surface area contributed by atoms with Crippen molar-refractivity contribution in [3.8, 4) is 0 Å². The molecule has 3 rings (SSSR count). The molecule has 106 valence electrons. The first kappa shape index (κ1) is 13.2. The van der Waals surface area contributed by atoms with Crippen molar-refractivity contribution in [3.05, 3.63) is 45.8 Å². The van der Waals surface area contributed by atoms with Gasteiger partial charge in [0.25, 0.3) is 5.56 Å². The van der Waals surface area contributed by atoms with Crippen molar-refractivity contribution in [1.29, 1.82) is 0 Å². The number of aromatic nitrogens is 2. The molecule has 8 heteroatoms. The zero-order valence-corrected chi connectivity index (χ0v) is 11.5. The Balaban J connectivity index is 2.21. The third kappa shape index (κ3) is 2.10. The first-order valence-electron chi connectivity index (χ1n) is 6.01. The molecular weight excluding hydrogens is 285 g/mol. The van der Waals surface area contributed by atoms with Gasteiger partial charge in [-0.1, -0.05) is 0 Å². The summed E-state index contributed by atoms with van der Waals surface area (Å²) < 4.78 is 38.7. The molecular formula is C12H12FN3O3S. The van der Waals surface area contributed by atoms with E-state index in [9.17, 15) is 17.6 Å². The summed E-state index contributed by atoms with van der Waals surface area (Å²) in [7, 11) is -3.36. The zero-order chi connectivity index (χ0) is 14.5. The lowest BCUT2D eigenvalue weighted by Gasteiger charge is -2.25. The van der Waals surface area contributed by atoms with Gasteiger partial charge in [0, 0.05) is 25.7 Å². The van der Waals surface area contributed by atoms with Gasteiger partial charge in [0.2, 0.25) is 10.0 Å². The van der Waals surface area contributed by atoms with E-state index >= 15 is 0 Å². The highest BCUT2D eigenvalue weighted by molar-refractivity contribution is 7.88. The lowest BCUT2D eigenvalue weighted by atomic mass is 10.1. The molecule has 0 N–H and O–H groups in total. The van der Waals surface area contributed by atoms with Crippen LogP contribution in [0.4, 0.5) is 4.39 Å². The maximum absolute atomic E-state index is 13.2. The molecule has 6 nitrogen and oxygen atoms in total. The second kappa shape index (κ2) is 4.35. The highest BCUT2D eigenvalue weighted by Gasteiger charge is 2.26. The van der Waals surface area contributed by atoms with Crippen LogP contribution in [0.1, 0.15) is 11.3 Å². The molecule has 2 aromatic heterocycles. The fourth-order valence-corrected chi connectivity index (χ4v) is 3.12. The Kier molecular flexibility index (Phi) is 2.87. The fraction of sp³-hybridized carbons (Fsp3) is 0.333. The summed E-state index contributed by atoms with van der Waals surface area (Å²) in [5.74, 6) is -0.544. The van der Waals surface area contributed by atoms with Gasteiger partial charge in [0.15, 0.2) is 0 Å². The highest BCUT2D eigenvalue weighted by Crippen LogP contribution is 2.17. The van der Waals surface area contributed by atoms with Gasteiger partial charge in [-0.2, -0.15) is 4.31 Å². The average Bonchev–Trinajstić information content (AvgIpc) is 2.38. The molecule has 0 unspecified atom stereocenters. The molecule has 0 amide bonds. The molecule has 3 heterocycles. The van der Waals surface area contributed by atoms with Crippen LogP contribution in [-0.2, 0) is 23.0 Å². The summed E-state index contributed by atoms with van der Waals surface area (Å²) in [5.41, 5.74) is 0.840. The molecule has 0 spiro atoms. The summed E-state index contributed by atoms with van der Waals surface area (Å²) in [6.45, 7) is 0.287. The third-order valence-electron chi connectivity index (χ3n) is 3.37. The van der Waals surface area contributed by atoms with E-state index in [0.717, 1.165) is 16.9 Å². The van der Waals surface area contributed by atoms with E-state index in [4.69, 9.17) is 0 Å². The normalized spacial score (nSPS) is 16.3. The van der Waals surface area contributed by atoms with E-state index in [-0.39, 0.29) is 6.54 Å². The highest BCUT2D eigenvalue weighted by atomic mass is 32.2. The molecule has 0 bridgehead atoms. The van der Waals surface area contributed by atoms with E-state index in [1.165, 1.54) is 16.4 Å². The van der Waals surface area contributed by atoms with E-state index < -0.39 is 21.4 Å². The number of rotatable bonds is 1. The molecule has 0 atom stereocenters. The zero-order valence-electron chi connectivity index (χ0n) is 10.7. The van der Waals surface area contributed by atoms with E-state index in [0.29, 0.717) is 29.9 Å². The minimum atomic E-state index is -3.36. The number of hydrogen-bond acceptors (Lipinski definition) is 4. The minimum Gasteiger partial charge on any atom is -0.269 e. The number of nitrogens with zero attached hydrogens (tertiary/aromatic N) is 3. The van der Waals surface area contributed by atoms with Crippen LogP contribution < -0.4 is 5.56 Å². The fourth-order valence-electron chi connectivity index (χ4n) is 2.33. The molecule has 1 aliphatic rings. The molecule has 0 radical (unpaired) electrons. The molecule has 0 fully saturated rings. The van der Waals surface area contributed by atoms with E-state index in [1.807, 2.05) is 0 Å². The maximum atomic E-state index is 13.2. The number of halogens is 1. The van der Waals surface area contributed by atoms with Crippen LogP contribution in [0.15, 0.2) is 23.1 Å². The van der Waals surface area contributed by atoms with Gasteiger partial charge >= 0.3 is 0 Å². The van der Waals surface area contributed by atoms with Gasteiger partial charge in [-0.05, 0) is 12.1 Å². The minimum absolute atomic E-state index is 0.0144. The lowest BCUT2D eigenvalue weighted by Crippen LogP contribution is -2.39. The Morgan fingerprint density at radius 1 is 1.35 bits per heavy atom. The number of fused-ring (bicyclic) bond motifs is 2. The molecule has 2 aromatic rings. The maximum Gasteiger partial charge on any atom is 0.262 e.